The Labute approximate surface area is 187 Å². The molecular formula is C25H25FN2O3S. The Kier molecular flexibility index (Phi) is 6.28. The number of amides is 1. The maximum atomic E-state index is 14.6. The van der Waals surface area contributed by atoms with E-state index in [2.05, 4.69) is 5.32 Å². The quantitative estimate of drug-likeness (QED) is 0.598. The van der Waals surface area contributed by atoms with Gasteiger partial charge < -0.3 is 5.32 Å². The van der Waals surface area contributed by atoms with E-state index in [1.165, 1.54) is 35.9 Å². The monoisotopic (exact) mass is 452 g/mol. The third-order valence-electron chi connectivity index (χ3n) is 5.72. The third kappa shape index (κ3) is 4.53. The molecule has 0 bridgehead atoms. The smallest absolute Gasteiger partial charge is 0.264 e. The highest BCUT2D eigenvalue weighted by Crippen LogP contribution is 2.30. The van der Waals surface area contributed by atoms with Gasteiger partial charge in [0.15, 0.2) is 0 Å². The lowest BCUT2D eigenvalue weighted by molar-refractivity contribution is -0.120. The van der Waals surface area contributed by atoms with Gasteiger partial charge in [-0.05, 0) is 61.6 Å². The Morgan fingerprint density at radius 2 is 1.72 bits per heavy atom. The predicted molar refractivity (Wildman–Crippen MR) is 122 cm³/mol. The Balaban J connectivity index is 1.64. The van der Waals surface area contributed by atoms with Crippen LogP contribution in [0.2, 0.25) is 0 Å². The molecular weight excluding hydrogens is 427 g/mol. The van der Waals surface area contributed by atoms with Crippen LogP contribution in [0, 0.1) is 12.7 Å². The second-order valence-electron chi connectivity index (χ2n) is 7.99. The van der Waals surface area contributed by atoms with Gasteiger partial charge in [0.1, 0.15) is 12.4 Å². The van der Waals surface area contributed by atoms with E-state index >= 15 is 0 Å². The van der Waals surface area contributed by atoms with Crippen LogP contribution in [-0.2, 0) is 21.2 Å². The number of sulfonamides is 1. The summed E-state index contributed by atoms with van der Waals surface area (Å²) < 4.78 is 42.3. The molecule has 1 N–H and O–H groups in total. The van der Waals surface area contributed by atoms with Crippen LogP contribution in [0.3, 0.4) is 0 Å². The van der Waals surface area contributed by atoms with Gasteiger partial charge in [-0.3, -0.25) is 9.10 Å². The van der Waals surface area contributed by atoms with Gasteiger partial charge in [-0.25, -0.2) is 12.8 Å². The van der Waals surface area contributed by atoms with E-state index in [9.17, 15) is 17.6 Å². The first-order valence-corrected chi connectivity index (χ1v) is 12.0. The van der Waals surface area contributed by atoms with Crippen molar-refractivity contribution in [2.75, 3.05) is 10.8 Å². The number of halogens is 1. The number of para-hydroxylation sites is 1. The van der Waals surface area contributed by atoms with Crippen molar-refractivity contribution in [3.05, 3.63) is 95.3 Å². The van der Waals surface area contributed by atoms with Crippen LogP contribution in [0.4, 0.5) is 10.1 Å². The Hall–Kier alpha value is -3.19. The number of rotatable bonds is 6. The molecule has 32 heavy (non-hydrogen) atoms. The van der Waals surface area contributed by atoms with Crippen molar-refractivity contribution < 1.29 is 17.6 Å². The van der Waals surface area contributed by atoms with Crippen LogP contribution >= 0.6 is 0 Å². The summed E-state index contributed by atoms with van der Waals surface area (Å²) >= 11 is 0. The molecule has 0 unspecified atom stereocenters. The minimum Gasteiger partial charge on any atom is -0.348 e. The van der Waals surface area contributed by atoms with Crippen molar-refractivity contribution in [3.8, 4) is 0 Å². The molecule has 166 valence electrons. The molecule has 0 aliphatic heterocycles. The molecule has 1 amide bonds. The van der Waals surface area contributed by atoms with E-state index in [4.69, 9.17) is 0 Å². The summed E-state index contributed by atoms with van der Waals surface area (Å²) in [6.45, 7) is 1.33. The summed E-state index contributed by atoms with van der Waals surface area (Å²) in [5, 5.41) is 2.96. The standard InChI is InChI=1S/C25H25FN2O3S/c1-18-13-15-20(16-14-18)32(30,31)28(24-12-5-4-10-22(24)26)17-25(29)27-23-11-6-8-19-7-2-3-9-21(19)23/h2-5,7,9-10,12-16,23H,6,8,11,17H2,1H3,(H,27,29)/t23-/m0/s1. The largest absolute Gasteiger partial charge is 0.348 e. The minimum absolute atomic E-state index is 0.00200. The van der Waals surface area contributed by atoms with Gasteiger partial charge in [0.25, 0.3) is 10.0 Å². The normalized spacial score (nSPS) is 15.6. The summed E-state index contributed by atoms with van der Waals surface area (Å²) in [4.78, 5) is 13.0. The van der Waals surface area contributed by atoms with Gasteiger partial charge in [0.2, 0.25) is 5.91 Å². The van der Waals surface area contributed by atoms with Gasteiger partial charge >= 0.3 is 0 Å². The molecule has 0 fully saturated rings. The van der Waals surface area contributed by atoms with Gasteiger partial charge in [-0.1, -0.05) is 54.1 Å². The van der Waals surface area contributed by atoms with Crippen LogP contribution in [0.5, 0.6) is 0 Å². The van der Waals surface area contributed by atoms with Crippen LogP contribution in [-0.4, -0.2) is 20.9 Å². The summed E-state index contributed by atoms with van der Waals surface area (Å²) in [6.07, 6.45) is 2.65. The van der Waals surface area contributed by atoms with Gasteiger partial charge in [-0.15, -0.1) is 0 Å². The number of carbonyl (C=O) groups excluding carboxylic acids is 1. The molecule has 1 aliphatic carbocycles. The highest BCUT2D eigenvalue weighted by atomic mass is 32.2. The number of carbonyl (C=O) groups is 1. The average molecular weight is 453 g/mol. The van der Waals surface area contributed by atoms with Gasteiger partial charge in [-0.2, -0.15) is 0 Å². The molecule has 1 atom stereocenters. The highest BCUT2D eigenvalue weighted by molar-refractivity contribution is 7.92. The average Bonchev–Trinajstić information content (AvgIpc) is 2.78. The van der Waals surface area contributed by atoms with Crippen molar-refractivity contribution >= 4 is 21.6 Å². The van der Waals surface area contributed by atoms with Crippen molar-refractivity contribution in [2.45, 2.75) is 37.1 Å². The molecule has 3 aromatic carbocycles. The van der Waals surface area contributed by atoms with Crippen molar-refractivity contribution in [1.29, 1.82) is 0 Å². The number of nitrogens with one attached hydrogen (secondary N) is 1. The Bertz CT molecular complexity index is 1230. The molecule has 0 spiro atoms. The molecule has 0 saturated heterocycles. The lowest BCUT2D eigenvalue weighted by Crippen LogP contribution is -2.42. The van der Waals surface area contributed by atoms with E-state index in [1.807, 2.05) is 31.2 Å². The van der Waals surface area contributed by atoms with Crippen LogP contribution < -0.4 is 9.62 Å². The first kappa shape index (κ1) is 22.0. The summed E-state index contributed by atoms with van der Waals surface area (Å²) in [5.74, 6) is -1.19. The minimum atomic E-state index is -4.16. The number of hydrogen-bond donors (Lipinski definition) is 1. The molecule has 0 aromatic heterocycles. The zero-order chi connectivity index (χ0) is 22.7. The second kappa shape index (κ2) is 9.12. The van der Waals surface area contributed by atoms with E-state index in [0.29, 0.717) is 0 Å². The number of anilines is 1. The van der Waals surface area contributed by atoms with Gasteiger partial charge in [0, 0.05) is 0 Å². The molecule has 0 heterocycles. The zero-order valence-electron chi connectivity index (χ0n) is 17.8. The lowest BCUT2D eigenvalue weighted by Gasteiger charge is -2.29. The number of benzene rings is 3. The summed E-state index contributed by atoms with van der Waals surface area (Å²) in [7, 11) is -4.16. The topological polar surface area (TPSA) is 66.5 Å². The fourth-order valence-corrected chi connectivity index (χ4v) is 5.49. The maximum absolute atomic E-state index is 14.6. The highest BCUT2D eigenvalue weighted by Gasteiger charge is 2.30. The van der Waals surface area contributed by atoms with E-state index in [-0.39, 0.29) is 16.6 Å². The van der Waals surface area contributed by atoms with Crippen molar-refractivity contribution in [1.82, 2.24) is 5.32 Å². The summed E-state index contributed by atoms with van der Waals surface area (Å²) in [6, 6.07) is 19.6. The van der Waals surface area contributed by atoms with Crippen LogP contribution in [0.1, 0.15) is 35.6 Å². The number of hydrogen-bond acceptors (Lipinski definition) is 3. The lowest BCUT2D eigenvalue weighted by atomic mass is 9.88. The Morgan fingerprint density at radius 3 is 2.47 bits per heavy atom. The van der Waals surface area contributed by atoms with E-state index in [0.717, 1.165) is 34.7 Å². The van der Waals surface area contributed by atoms with E-state index in [1.54, 1.807) is 18.2 Å². The van der Waals surface area contributed by atoms with Gasteiger partial charge in [0.05, 0.1) is 16.6 Å². The fraction of sp³-hybridized carbons (Fsp3) is 0.240. The van der Waals surface area contributed by atoms with Crippen molar-refractivity contribution in [2.24, 2.45) is 0 Å². The SMILES string of the molecule is Cc1ccc(S(=O)(=O)N(CC(=O)N[C@H]2CCCc3ccccc32)c2ccccc2F)cc1. The fourth-order valence-electron chi connectivity index (χ4n) is 4.07. The Morgan fingerprint density at radius 1 is 1.03 bits per heavy atom. The van der Waals surface area contributed by atoms with E-state index < -0.39 is 28.3 Å². The van der Waals surface area contributed by atoms with Crippen LogP contribution in [0.15, 0.2) is 77.7 Å². The number of nitrogens with zero attached hydrogens (tertiary/aromatic N) is 1. The molecule has 3 aromatic rings. The molecule has 5 nitrogen and oxygen atoms in total. The second-order valence-corrected chi connectivity index (χ2v) is 9.85. The maximum Gasteiger partial charge on any atom is 0.264 e. The number of aryl methyl sites for hydroxylation is 2. The van der Waals surface area contributed by atoms with Crippen LogP contribution in [0.25, 0.3) is 0 Å². The molecule has 4 rings (SSSR count). The van der Waals surface area contributed by atoms with Crippen molar-refractivity contribution in [3.63, 3.8) is 0 Å². The molecule has 7 heteroatoms. The molecule has 0 saturated carbocycles. The molecule has 1 aliphatic rings. The molecule has 0 radical (unpaired) electrons. The first-order valence-electron chi connectivity index (χ1n) is 10.6. The third-order valence-corrected chi connectivity index (χ3v) is 7.50. The summed E-state index contributed by atoms with van der Waals surface area (Å²) in [5.41, 5.74) is 2.97. The zero-order valence-corrected chi connectivity index (χ0v) is 18.6. The number of fused-ring (bicyclic) bond motifs is 1. The first-order chi connectivity index (χ1) is 15.4. The predicted octanol–water partition coefficient (Wildman–Crippen LogP) is 4.52.